The van der Waals surface area contributed by atoms with Gasteiger partial charge < -0.3 is 9.47 Å². The van der Waals surface area contributed by atoms with Gasteiger partial charge in [-0.05, 0) is 45.0 Å². The molecule has 0 saturated carbocycles. The summed E-state index contributed by atoms with van der Waals surface area (Å²) in [7, 11) is -3.72. The first-order chi connectivity index (χ1) is 12.8. The molecule has 6 nitrogen and oxygen atoms in total. The van der Waals surface area contributed by atoms with Crippen molar-refractivity contribution in [2.75, 3.05) is 6.61 Å². The van der Waals surface area contributed by atoms with E-state index in [-0.39, 0.29) is 23.3 Å². The number of sulfonamides is 1. The van der Waals surface area contributed by atoms with Crippen molar-refractivity contribution in [1.29, 1.82) is 0 Å². The molecule has 0 saturated heterocycles. The highest BCUT2D eigenvalue weighted by Gasteiger charge is 2.23. The third-order valence-corrected chi connectivity index (χ3v) is 5.82. The SMILES string of the molecule is CCOc1cc2c(cc1CNS(=O)(=O)c1ccc(C(C)=O)cc1)O[C@H](C)C2. The summed E-state index contributed by atoms with van der Waals surface area (Å²) in [6.07, 6.45) is 0.908. The van der Waals surface area contributed by atoms with Crippen molar-refractivity contribution < 1.29 is 22.7 Å². The van der Waals surface area contributed by atoms with Crippen LogP contribution in [0.5, 0.6) is 11.5 Å². The number of ether oxygens (including phenoxy) is 2. The van der Waals surface area contributed by atoms with E-state index < -0.39 is 10.0 Å². The second-order valence-corrected chi connectivity index (χ2v) is 8.31. The number of benzene rings is 2. The molecule has 0 fully saturated rings. The van der Waals surface area contributed by atoms with Crippen LogP contribution in [0.25, 0.3) is 0 Å². The Labute approximate surface area is 159 Å². The predicted octanol–water partition coefficient (Wildman–Crippen LogP) is 3.09. The van der Waals surface area contributed by atoms with E-state index in [2.05, 4.69) is 4.72 Å². The fraction of sp³-hybridized carbons (Fsp3) is 0.350. The van der Waals surface area contributed by atoms with E-state index in [4.69, 9.17) is 9.47 Å². The lowest BCUT2D eigenvalue weighted by molar-refractivity contribution is 0.101. The van der Waals surface area contributed by atoms with Crippen molar-refractivity contribution in [3.8, 4) is 11.5 Å². The maximum atomic E-state index is 12.6. The van der Waals surface area contributed by atoms with Gasteiger partial charge in [-0.1, -0.05) is 12.1 Å². The monoisotopic (exact) mass is 389 g/mol. The number of ketones is 1. The molecule has 3 rings (SSSR count). The summed E-state index contributed by atoms with van der Waals surface area (Å²) in [5.74, 6) is 1.31. The fourth-order valence-electron chi connectivity index (χ4n) is 3.03. The molecule has 27 heavy (non-hydrogen) atoms. The lowest BCUT2D eigenvalue weighted by Gasteiger charge is -2.14. The van der Waals surface area contributed by atoms with E-state index in [0.717, 1.165) is 17.7 Å². The maximum absolute atomic E-state index is 12.6. The number of carbonyl (C=O) groups excluding carboxylic acids is 1. The molecule has 7 heteroatoms. The standard InChI is InChI=1S/C20H23NO5S/c1-4-25-19-10-16-9-13(2)26-20(16)11-17(19)12-21-27(23,24)18-7-5-15(6-8-18)14(3)22/h5-8,10-11,13,21H,4,9,12H2,1-3H3/t13-/m1/s1. The molecule has 0 aliphatic carbocycles. The van der Waals surface area contributed by atoms with E-state index in [1.54, 1.807) is 0 Å². The lowest BCUT2D eigenvalue weighted by Crippen LogP contribution is -2.23. The average molecular weight is 389 g/mol. The summed E-state index contributed by atoms with van der Waals surface area (Å²) in [5.41, 5.74) is 2.25. The number of nitrogens with one attached hydrogen (secondary N) is 1. The van der Waals surface area contributed by atoms with Gasteiger partial charge in [0.05, 0.1) is 11.5 Å². The maximum Gasteiger partial charge on any atom is 0.240 e. The van der Waals surface area contributed by atoms with E-state index in [1.807, 2.05) is 26.0 Å². The third-order valence-electron chi connectivity index (χ3n) is 4.40. The van der Waals surface area contributed by atoms with Crippen molar-refractivity contribution >= 4 is 15.8 Å². The van der Waals surface area contributed by atoms with Crippen LogP contribution in [0.2, 0.25) is 0 Å². The first-order valence-corrected chi connectivity index (χ1v) is 10.3. The highest BCUT2D eigenvalue weighted by Crippen LogP contribution is 2.35. The number of rotatable bonds is 7. The topological polar surface area (TPSA) is 81.7 Å². The van der Waals surface area contributed by atoms with E-state index in [1.165, 1.54) is 31.2 Å². The smallest absolute Gasteiger partial charge is 0.240 e. The number of carbonyl (C=O) groups is 1. The second-order valence-electron chi connectivity index (χ2n) is 6.54. The number of Topliss-reactive ketones (excluding diaryl/α,β-unsaturated/α-hetero) is 1. The summed E-state index contributed by atoms with van der Waals surface area (Å²) < 4.78 is 39.2. The van der Waals surface area contributed by atoms with Crippen molar-refractivity contribution in [2.45, 2.75) is 44.7 Å². The number of fused-ring (bicyclic) bond motifs is 1. The van der Waals surface area contributed by atoms with Gasteiger partial charge in [0.25, 0.3) is 0 Å². The summed E-state index contributed by atoms with van der Waals surface area (Å²) in [6, 6.07) is 9.63. The van der Waals surface area contributed by atoms with Crippen LogP contribution in [0.3, 0.4) is 0 Å². The van der Waals surface area contributed by atoms with Crippen LogP contribution in [0.4, 0.5) is 0 Å². The molecule has 2 aromatic carbocycles. The molecule has 2 aromatic rings. The minimum atomic E-state index is -3.72. The zero-order valence-electron chi connectivity index (χ0n) is 15.6. The number of hydrogen-bond donors (Lipinski definition) is 1. The summed E-state index contributed by atoms with van der Waals surface area (Å²) in [5, 5.41) is 0. The summed E-state index contributed by atoms with van der Waals surface area (Å²) in [6.45, 7) is 5.89. The molecule has 1 atom stereocenters. The van der Waals surface area contributed by atoms with Gasteiger partial charge in [0.1, 0.15) is 17.6 Å². The Hall–Kier alpha value is -2.38. The van der Waals surface area contributed by atoms with Gasteiger partial charge >= 0.3 is 0 Å². The van der Waals surface area contributed by atoms with Gasteiger partial charge in [-0.15, -0.1) is 0 Å². The van der Waals surface area contributed by atoms with Crippen molar-refractivity contribution in [3.63, 3.8) is 0 Å². The Morgan fingerprint density at radius 3 is 2.59 bits per heavy atom. The molecule has 0 aromatic heterocycles. The second kappa shape index (κ2) is 7.70. The zero-order valence-corrected chi connectivity index (χ0v) is 16.4. The lowest BCUT2D eigenvalue weighted by atomic mass is 10.1. The molecule has 0 radical (unpaired) electrons. The Kier molecular flexibility index (Phi) is 5.53. The van der Waals surface area contributed by atoms with Gasteiger partial charge in [0, 0.05) is 29.7 Å². The highest BCUT2D eigenvalue weighted by molar-refractivity contribution is 7.89. The van der Waals surface area contributed by atoms with Gasteiger partial charge in [-0.3, -0.25) is 4.79 Å². The van der Waals surface area contributed by atoms with Gasteiger partial charge in [-0.25, -0.2) is 13.1 Å². The molecule has 0 spiro atoms. The predicted molar refractivity (Wildman–Crippen MR) is 102 cm³/mol. The Balaban J connectivity index is 1.81. The average Bonchev–Trinajstić information content (AvgIpc) is 2.99. The van der Waals surface area contributed by atoms with E-state index >= 15 is 0 Å². The Morgan fingerprint density at radius 1 is 1.26 bits per heavy atom. The van der Waals surface area contributed by atoms with Crippen LogP contribution < -0.4 is 14.2 Å². The summed E-state index contributed by atoms with van der Waals surface area (Å²) >= 11 is 0. The normalized spacial score (nSPS) is 15.9. The van der Waals surface area contributed by atoms with Crippen LogP contribution in [0, 0.1) is 0 Å². The number of hydrogen-bond acceptors (Lipinski definition) is 5. The Morgan fingerprint density at radius 2 is 1.96 bits per heavy atom. The zero-order chi connectivity index (χ0) is 19.6. The molecular weight excluding hydrogens is 366 g/mol. The van der Waals surface area contributed by atoms with Crippen LogP contribution in [-0.2, 0) is 23.0 Å². The molecule has 0 bridgehead atoms. The molecule has 0 unspecified atom stereocenters. The fourth-order valence-corrected chi connectivity index (χ4v) is 4.04. The van der Waals surface area contributed by atoms with Crippen molar-refractivity contribution in [3.05, 3.63) is 53.1 Å². The molecule has 1 aliphatic heterocycles. The quantitative estimate of drug-likeness (QED) is 0.736. The van der Waals surface area contributed by atoms with Crippen LogP contribution in [0.15, 0.2) is 41.3 Å². The van der Waals surface area contributed by atoms with Gasteiger partial charge in [0.15, 0.2) is 5.78 Å². The molecular formula is C20H23NO5S. The van der Waals surface area contributed by atoms with Crippen molar-refractivity contribution in [2.24, 2.45) is 0 Å². The first-order valence-electron chi connectivity index (χ1n) is 8.86. The molecule has 1 heterocycles. The largest absolute Gasteiger partial charge is 0.494 e. The van der Waals surface area contributed by atoms with E-state index in [0.29, 0.717) is 23.5 Å². The van der Waals surface area contributed by atoms with Crippen LogP contribution in [-0.4, -0.2) is 26.9 Å². The van der Waals surface area contributed by atoms with E-state index in [9.17, 15) is 13.2 Å². The highest BCUT2D eigenvalue weighted by atomic mass is 32.2. The molecule has 0 amide bonds. The minimum Gasteiger partial charge on any atom is -0.494 e. The Bertz CT molecular complexity index is 951. The van der Waals surface area contributed by atoms with Crippen molar-refractivity contribution in [1.82, 2.24) is 4.72 Å². The third kappa shape index (κ3) is 4.31. The molecule has 1 aliphatic rings. The minimum absolute atomic E-state index is 0.0805. The molecule has 144 valence electrons. The van der Waals surface area contributed by atoms with Crippen LogP contribution in [0.1, 0.15) is 42.3 Å². The molecule has 1 N–H and O–H groups in total. The van der Waals surface area contributed by atoms with Gasteiger partial charge in [-0.2, -0.15) is 0 Å². The van der Waals surface area contributed by atoms with Gasteiger partial charge in [0.2, 0.25) is 10.0 Å². The first kappa shape index (κ1) is 19.4. The van der Waals surface area contributed by atoms with Crippen LogP contribution >= 0.6 is 0 Å². The summed E-state index contributed by atoms with van der Waals surface area (Å²) in [4.78, 5) is 11.4.